The second-order valence-corrected chi connectivity index (χ2v) is 3.66. The number of carboxylic acids is 1. The highest BCUT2D eigenvalue weighted by Crippen LogP contribution is 2.37. The lowest BCUT2D eigenvalue weighted by molar-refractivity contribution is -0.138. The van der Waals surface area contributed by atoms with Crippen LogP contribution in [0.2, 0.25) is 0 Å². The third kappa shape index (κ3) is 2.48. The highest BCUT2D eigenvalue weighted by atomic mass is 16.4. The highest BCUT2D eigenvalue weighted by Gasteiger charge is 2.42. The minimum atomic E-state index is -0.633. The van der Waals surface area contributed by atoms with Crippen molar-refractivity contribution in [3.05, 3.63) is 0 Å². The molecule has 0 aromatic rings. The standard InChI is InChI=1S/C9H17NO2/c1-3-6(2)10-5-7-4-8(7)9(11)12/h6-8,10H,3-5H2,1-2H3,(H,11,12). The van der Waals surface area contributed by atoms with Crippen LogP contribution in [0.1, 0.15) is 26.7 Å². The number of hydrogen-bond acceptors (Lipinski definition) is 2. The number of aliphatic carboxylic acids is 1. The molecule has 3 heteroatoms. The maximum absolute atomic E-state index is 10.5. The Bertz CT molecular complexity index is 170. The van der Waals surface area contributed by atoms with Crippen molar-refractivity contribution in [1.82, 2.24) is 5.32 Å². The van der Waals surface area contributed by atoms with Crippen LogP contribution in [-0.4, -0.2) is 23.7 Å². The molecule has 1 fully saturated rings. The molecule has 1 saturated carbocycles. The first-order valence-corrected chi connectivity index (χ1v) is 4.61. The van der Waals surface area contributed by atoms with Crippen LogP contribution in [0.25, 0.3) is 0 Å². The SMILES string of the molecule is CCC(C)NCC1CC1C(=O)O. The van der Waals surface area contributed by atoms with Crippen LogP contribution in [0.4, 0.5) is 0 Å². The van der Waals surface area contributed by atoms with Gasteiger partial charge in [0.05, 0.1) is 5.92 Å². The molecule has 3 nitrogen and oxygen atoms in total. The summed E-state index contributed by atoms with van der Waals surface area (Å²) >= 11 is 0. The van der Waals surface area contributed by atoms with E-state index in [9.17, 15) is 4.79 Å². The second-order valence-electron chi connectivity index (χ2n) is 3.66. The van der Waals surface area contributed by atoms with Crippen molar-refractivity contribution >= 4 is 5.97 Å². The van der Waals surface area contributed by atoms with E-state index in [2.05, 4.69) is 19.2 Å². The zero-order chi connectivity index (χ0) is 9.14. The summed E-state index contributed by atoms with van der Waals surface area (Å²) in [6, 6.07) is 0.514. The molecule has 0 radical (unpaired) electrons. The van der Waals surface area contributed by atoms with Gasteiger partial charge in [0.25, 0.3) is 0 Å². The Balaban J connectivity index is 2.08. The summed E-state index contributed by atoms with van der Waals surface area (Å²) in [4.78, 5) is 10.5. The average Bonchev–Trinajstić information content (AvgIpc) is 2.79. The van der Waals surface area contributed by atoms with E-state index < -0.39 is 5.97 Å². The molecule has 0 aromatic heterocycles. The van der Waals surface area contributed by atoms with Crippen molar-refractivity contribution in [3.63, 3.8) is 0 Å². The molecule has 3 atom stereocenters. The van der Waals surface area contributed by atoms with E-state index in [4.69, 9.17) is 5.11 Å². The number of nitrogens with one attached hydrogen (secondary N) is 1. The Morgan fingerprint density at radius 1 is 1.75 bits per heavy atom. The zero-order valence-corrected chi connectivity index (χ0v) is 7.71. The van der Waals surface area contributed by atoms with Gasteiger partial charge in [-0.05, 0) is 32.2 Å². The minimum absolute atomic E-state index is 0.0680. The molecule has 70 valence electrons. The van der Waals surface area contributed by atoms with Gasteiger partial charge in [0.15, 0.2) is 0 Å². The fourth-order valence-corrected chi connectivity index (χ4v) is 1.27. The molecule has 0 saturated heterocycles. The lowest BCUT2D eigenvalue weighted by atomic mass is 10.2. The van der Waals surface area contributed by atoms with Crippen molar-refractivity contribution in [3.8, 4) is 0 Å². The van der Waals surface area contributed by atoms with Crippen LogP contribution in [-0.2, 0) is 4.79 Å². The Hall–Kier alpha value is -0.570. The summed E-state index contributed by atoms with van der Waals surface area (Å²) in [7, 11) is 0. The predicted octanol–water partition coefficient (Wildman–Crippen LogP) is 1.10. The van der Waals surface area contributed by atoms with E-state index in [0.29, 0.717) is 12.0 Å². The summed E-state index contributed by atoms with van der Waals surface area (Å²) in [6.07, 6.45) is 1.96. The molecule has 0 aromatic carbocycles. The average molecular weight is 171 g/mol. The molecule has 1 aliphatic carbocycles. The quantitative estimate of drug-likeness (QED) is 0.651. The van der Waals surface area contributed by atoms with E-state index in [1.165, 1.54) is 0 Å². The number of carboxylic acid groups (broad SMARTS) is 1. The lowest BCUT2D eigenvalue weighted by Crippen LogP contribution is -2.27. The molecule has 3 unspecified atom stereocenters. The van der Waals surface area contributed by atoms with Gasteiger partial charge in [0.1, 0.15) is 0 Å². The smallest absolute Gasteiger partial charge is 0.306 e. The summed E-state index contributed by atoms with van der Waals surface area (Å²) < 4.78 is 0. The molecule has 0 bridgehead atoms. The van der Waals surface area contributed by atoms with Gasteiger partial charge in [-0.1, -0.05) is 6.92 Å². The first-order valence-electron chi connectivity index (χ1n) is 4.61. The second kappa shape index (κ2) is 3.90. The third-order valence-corrected chi connectivity index (χ3v) is 2.58. The fraction of sp³-hybridized carbons (Fsp3) is 0.889. The maximum atomic E-state index is 10.5. The number of carbonyl (C=O) groups is 1. The largest absolute Gasteiger partial charge is 0.481 e. The van der Waals surface area contributed by atoms with E-state index in [0.717, 1.165) is 19.4 Å². The molecule has 0 aliphatic heterocycles. The Morgan fingerprint density at radius 3 is 2.83 bits per heavy atom. The van der Waals surface area contributed by atoms with Crippen LogP contribution in [0, 0.1) is 11.8 Å². The van der Waals surface area contributed by atoms with Crippen LogP contribution in [0.15, 0.2) is 0 Å². The molecular weight excluding hydrogens is 154 g/mol. The summed E-state index contributed by atoms with van der Waals surface area (Å²) in [6.45, 7) is 5.11. The van der Waals surface area contributed by atoms with Crippen molar-refractivity contribution < 1.29 is 9.90 Å². The Kier molecular flexibility index (Phi) is 3.09. The van der Waals surface area contributed by atoms with E-state index >= 15 is 0 Å². The van der Waals surface area contributed by atoms with Crippen LogP contribution in [0.3, 0.4) is 0 Å². The molecule has 0 spiro atoms. The van der Waals surface area contributed by atoms with Crippen LogP contribution < -0.4 is 5.32 Å². The van der Waals surface area contributed by atoms with Gasteiger partial charge in [-0.2, -0.15) is 0 Å². The normalized spacial score (nSPS) is 29.8. The molecule has 2 N–H and O–H groups in total. The number of rotatable bonds is 5. The first kappa shape index (κ1) is 9.52. The summed E-state index contributed by atoms with van der Waals surface area (Å²) in [5, 5.41) is 11.9. The minimum Gasteiger partial charge on any atom is -0.481 e. The maximum Gasteiger partial charge on any atom is 0.306 e. The van der Waals surface area contributed by atoms with Gasteiger partial charge < -0.3 is 10.4 Å². The molecular formula is C9H17NO2. The summed E-state index contributed by atoms with van der Waals surface area (Å²) in [5.74, 6) is -0.316. The third-order valence-electron chi connectivity index (χ3n) is 2.58. The van der Waals surface area contributed by atoms with Crippen molar-refractivity contribution in [2.45, 2.75) is 32.7 Å². The fourth-order valence-electron chi connectivity index (χ4n) is 1.27. The molecule has 1 rings (SSSR count). The lowest BCUT2D eigenvalue weighted by Gasteiger charge is -2.09. The van der Waals surface area contributed by atoms with Crippen molar-refractivity contribution in [2.75, 3.05) is 6.54 Å². The molecule has 0 amide bonds. The molecule has 12 heavy (non-hydrogen) atoms. The van der Waals surface area contributed by atoms with Crippen LogP contribution >= 0.6 is 0 Å². The van der Waals surface area contributed by atoms with Gasteiger partial charge in [-0.3, -0.25) is 4.79 Å². The Labute approximate surface area is 73.2 Å². The van der Waals surface area contributed by atoms with Gasteiger partial charge in [0.2, 0.25) is 0 Å². The zero-order valence-electron chi connectivity index (χ0n) is 7.71. The summed E-state index contributed by atoms with van der Waals surface area (Å²) in [5.41, 5.74) is 0. The monoisotopic (exact) mass is 171 g/mol. The van der Waals surface area contributed by atoms with Gasteiger partial charge in [-0.25, -0.2) is 0 Å². The van der Waals surface area contributed by atoms with Crippen molar-refractivity contribution in [2.24, 2.45) is 11.8 Å². The first-order chi connectivity index (χ1) is 5.65. The van der Waals surface area contributed by atoms with Crippen LogP contribution in [0.5, 0.6) is 0 Å². The topological polar surface area (TPSA) is 49.3 Å². The molecule has 0 heterocycles. The Morgan fingerprint density at radius 2 is 2.42 bits per heavy atom. The molecule has 1 aliphatic rings. The van der Waals surface area contributed by atoms with E-state index in [1.807, 2.05) is 0 Å². The highest BCUT2D eigenvalue weighted by molar-refractivity contribution is 5.73. The van der Waals surface area contributed by atoms with E-state index in [1.54, 1.807) is 0 Å². The van der Waals surface area contributed by atoms with E-state index in [-0.39, 0.29) is 5.92 Å². The van der Waals surface area contributed by atoms with Gasteiger partial charge in [-0.15, -0.1) is 0 Å². The predicted molar refractivity (Wildman–Crippen MR) is 47.0 cm³/mol. The van der Waals surface area contributed by atoms with Crippen molar-refractivity contribution in [1.29, 1.82) is 0 Å². The number of hydrogen-bond donors (Lipinski definition) is 2. The van der Waals surface area contributed by atoms with Gasteiger partial charge >= 0.3 is 5.97 Å². The van der Waals surface area contributed by atoms with Gasteiger partial charge in [0, 0.05) is 6.04 Å².